The van der Waals surface area contributed by atoms with E-state index < -0.39 is 0 Å². The van der Waals surface area contributed by atoms with Crippen LogP contribution in [-0.4, -0.2) is 0 Å². The molecule has 2 aliphatic carbocycles. The number of rotatable bonds is 4. The van der Waals surface area contributed by atoms with Crippen LogP contribution in [0.15, 0.2) is 24.3 Å². The van der Waals surface area contributed by atoms with E-state index in [1.165, 1.54) is 44.9 Å². The van der Waals surface area contributed by atoms with Crippen molar-refractivity contribution in [2.45, 2.75) is 64.7 Å². The molecule has 2 unspecified atom stereocenters. The highest BCUT2D eigenvalue weighted by Gasteiger charge is 2.31. The lowest BCUT2D eigenvalue weighted by molar-refractivity contribution is 0.348. The Balaban J connectivity index is 1.53. The molecule has 0 aromatic heterocycles. The monoisotopic (exact) mass is 256 g/mol. The van der Waals surface area contributed by atoms with Crippen LogP contribution in [0.1, 0.15) is 69.4 Å². The molecule has 0 spiro atoms. The van der Waals surface area contributed by atoms with Crippen LogP contribution in [0.5, 0.6) is 0 Å². The first-order valence-corrected chi connectivity index (χ1v) is 8.31. The van der Waals surface area contributed by atoms with Gasteiger partial charge in [0.15, 0.2) is 0 Å². The van der Waals surface area contributed by atoms with Gasteiger partial charge in [0.25, 0.3) is 0 Å². The lowest BCUT2D eigenvalue weighted by Gasteiger charge is -2.26. The van der Waals surface area contributed by atoms with Crippen LogP contribution in [0.3, 0.4) is 0 Å². The summed E-state index contributed by atoms with van der Waals surface area (Å²) in [6.07, 6.45) is 9.81. The van der Waals surface area contributed by atoms with Gasteiger partial charge in [-0.2, -0.15) is 0 Å². The largest absolute Gasteiger partial charge is 0.0625 e. The van der Waals surface area contributed by atoms with Gasteiger partial charge in [0, 0.05) is 0 Å². The van der Waals surface area contributed by atoms with E-state index in [1.54, 1.807) is 11.1 Å². The summed E-state index contributed by atoms with van der Waals surface area (Å²) >= 11 is 0. The van der Waals surface area contributed by atoms with Crippen molar-refractivity contribution in [1.82, 2.24) is 0 Å². The van der Waals surface area contributed by atoms with Crippen molar-refractivity contribution in [3.8, 4) is 0 Å². The van der Waals surface area contributed by atoms with Crippen molar-refractivity contribution < 1.29 is 0 Å². The standard InChI is InChI=1S/C19H28/c1-14-3-8-17(9-4-14)18-10-5-16(6-11-18)7-12-19-13-15(19)2/h5-6,10-11,14-15,17,19H,3-4,7-9,12-13H2,1-2H3. The SMILES string of the molecule is CC1CCC(c2ccc(CCC3CC3C)cc2)CC1. The third kappa shape index (κ3) is 3.41. The zero-order chi connectivity index (χ0) is 13.2. The van der Waals surface area contributed by atoms with Crippen LogP contribution < -0.4 is 0 Å². The Kier molecular flexibility index (Phi) is 3.96. The zero-order valence-electron chi connectivity index (χ0n) is 12.6. The van der Waals surface area contributed by atoms with Crippen LogP contribution in [0.25, 0.3) is 0 Å². The fourth-order valence-electron chi connectivity index (χ4n) is 3.70. The highest BCUT2D eigenvalue weighted by atomic mass is 14.4. The first kappa shape index (κ1) is 13.2. The molecule has 1 aromatic carbocycles. The fourth-order valence-corrected chi connectivity index (χ4v) is 3.70. The maximum Gasteiger partial charge on any atom is -0.0162 e. The van der Waals surface area contributed by atoms with Gasteiger partial charge in [-0.05, 0) is 66.9 Å². The maximum atomic E-state index is 2.41. The quantitative estimate of drug-likeness (QED) is 0.660. The first-order chi connectivity index (χ1) is 9.22. The van der Waals surface area contributed by atoms with E-state index in [0.29, 0.717) is 0 Å². The second kappa shape index (κ2) is 5.69. The van der Waals surface area contributed by atoms with Crippen molar-refractivity contribution in [2.75, 3.05) is 0 Å². The molecule has 0 heterocycles. The van der Waals surface area contributed by atoms with E-state index in [1.807, 2.05) is 0 Å². The Morgan fingerprint density at radius 2 is 1.58 bits per heavy atom. The molecule has 104 valence electrons. The minimum absolute atomic E-state index is 0.841. The average molecular weight is 256 g/mol. The Labute approximate surface area is 118 Å². The number of hydrogen-bond acceptors (Lipinski definition) is 0. The van der Waals surface area contributed by atoms with Crippen molar-refractivity contribution in [1.29, 1.82) is 0 Å². The minimum Gasteiger partial charge on any atom is -0.0625 e. The summed E-state index contributed by atoms with van der Waals surface area (Å²) in [5, 5.41) is 0. The maximum absolute atomic E-state index is 2.41. The van der Waals surface area contributed by atoms with Crippen molar-refractivity contribution in [2.24, 2.45) is 17.8 Å². The number of hydrogen-bond donors (Lipinski definition) is 0. The number of aryl methyl sites for hydroxylation is 1. The molecule has 0 N–H and O–H groups in total. The molecule has 2 aliphatic rings. The minimum atomic E-state index is 0.841. The van der Waals surface area contributed by atoms with Crippen molar-refractivity contribution >= 4 is 0 Å². The van der Waals surface area contributed by atoms with Gasteiger partial charge in [-0.25, -0.2) is 0 Å². The van der Waals surface area contributed by atoms with E-state index in [0.717, 1.165) is 23.7 Å². The Bertz CT molecular complexity index is 395. The van der Waals surface area contributed by atoms with E-state index in [-0.39, 0.29) is 0 Å². The van der Waals surface area contributed by atoms with Gasteiger partial charge in [-0.3, -0.25) is 0 Å². The predicted octanol–water partition coefficient (Wildman–Crippen LogP) is 5.57. The van der Waals surface area contributed by atoms with Gasteiger partial charge in [-0.1, -0.05) is 51.0 Å². The molecule has 0 bridgehead atoms. The predicted molar refractivity (Wildman–Crippen MR) is 82.4 cm³/mol. The average Bonchev–Trinajstić information content (AvgIpc) is 3.14. The molecule has 2 saturated carbocycles. The van der Waals surface area contributed by atoms with Gasteiger partial charge in [0.2, 0.25) is 0 Å². The molecular formula is C19H28. The lowest BCUT2D eigenvalue weighted by Crippen LogP contribution is -2.10. The summed E-state index contributed by atoms with van der Waals surface area (Å²) in [6.45, 7) is 4.79. The topological polar surface area (TPSA) is 0 Å². The fraction of sp³-hybridized carbons (Fsp3) is 0.684. The van der Waals surface area contributed by atoms with Crippen LogP contribution in [0.4, 0.5) is 0 Å². The van der Waals surface area contributed by atoms with E-state index in [4.69, 9.17) is 0 Å². The van der Waals surface area contributed by atoms with Crippen molar-refractivity contribution in [3.05, 3.63) is 35.4 Å². The smallest absolute Gasteiger partial charge is 0.0162 e. The van der Waals surface area contributed by atoms with Crippen molar-refractivity contribution in [3.63, 3.8) is 0 Å². The van der Waals surface area contributed by atoms with E-state index in [9.17, 15) is 0 Å². The third-order valence-electron chi connectivity index (χ3n) is 5.55. The zero-order valence-corrected chi connectivity index (χ0v) is 12.6. The summed E-state index contributed by atoms with van der Waals surface area (Å²) in [7, 11) is 0. The second-order valence-electron chi connectivity index (χ2n) is 7.21. The Morgan fingerprint density at radius 3 is 2.16 bits per heavy atom. The first-order valence-electron chi connectivity index (χ1n) is 8.31. The molecule has 19 heavy (non-hydrogen) atoms. The molecule has 0 heteroatoms. The van der Waals surface area contributed by atoms with Gasteiger partial charge in [0.05, 0.1) is 0 Å². The summed E-state index contributed by atoms with van der Waals surface area (Å²) in [6, 6.07) is 9.60. The lowest BCUT2D eigenvalue weighted by atomic mass is 9.79. The van der Waals surface area contributed by atoms with Crippen LogP contribution in [0.2, 0.25) is 0 Å². The Morgan fingerprint density at radius 1 is 0.947 bits per heavy atom. The molecule has 0 amide bonds. The van der Waals surface area contributed by atoms with Gasteiger partial charge >= 0.3 is 0 Å². The Hall–Kier alpha value is -0.780. The summed E-state index contributed by atoms with van der Waals surface area (Å²) in [4.78, 5) is 0. The number of benzene rings is 1. The van der Waals surface area contributed by atoms with E-state index in [2.05, 4.69) is 38.1 Å². The molecule has 0 saturated heterocycles. The molecule has 0 nitrogen and oxygen atoms in total. The molecule has 1 aromatic rings. The summed E-state index contributed by atoms with van der Waals surface area (Å²) < 4.78 is 0. The normalized spacial score (nSPS) is 34.2. The molecule has 0 aliphatic heterocycles. The highest BCUT2D eigenvalue weighted by Crippen LogP contribution is 2.41. The van der Waals surface area contributed by atoms with Gasteiger partial charge in [0.1, 0.15) is 0 Å². The van der Waals surface area contributed by atoms with Crippen LogP contribution >= 0.6 is 0 Å². The third-order valence-corrected chi connectivity index (χ3v) is 5.55. The van der Waals surface area contributed by atoms with Gasteiger partial charge in [-0.15, -0.1) is 0 Å². The molecule has 0 radical (unpaired) electrons. The second-order valence-corrected chi connectivity index (χ2v) is 7.21. The van der Waals surface area contributed by atoms with Gasteiger partial charge < -0.3 is 0 Å². The van der Waals surface area contributed by atoms with E-state index >= 15 is 0 Å². The van der Waals surface area contributed by atoms with Crippen LogP contribution in [-0.2, 0) is 6.42 Å². The molecule has 2 atom stereocenters. The van der Waals surface area contributed by atoms with Crippen LogP contribution in [0, 0.1) is 17.8 Å². The highest BCUT2D eigenvalue weighted by molar-refractivity contribution is 5.26. The summed E-state index contributed by atoms with van der Waals surface area (Å²) in [5.41, 5.74) is 3.14. The molecule has 2 fully saturated rings. The summed E-state index contributed by atoms with van der Waals surface area (Å²) in [5.74, 6) is 3.83. The molecular weight excluding hydrogens is 228 g/mol. The molecule has 3 rings (SSSR count).